The molecule has 0 radical (unpaired) electrons. The third-order valence-corrected chi connectivity index (χ3v) is 2.32. The Kier molecular flexibility index (Phi) is 5.83. The van der Waals surface area contributed by atoms with Crippen molar-refractivity contribution in [3.05, 3.63) is 23.9 Å². The number of halogens is 2. The second kappa shape index (κ2) is 7.17. The van der Waals surface area contributed by atoms with Crippen molar-refractivity contribution in [2.75, 3.05) is 13.2 Å². The molecule has 3 nitrogen and oxygen atoms in total. The molecular formula is C12H18F2N2O. The Hall–Kier alpha value is -1.23. The highest BCUT2D eigenvalue weighted by molar-refractivity contribution is 5.20. The number of hydrogen-bond donors (Lipinski definition) is 1. The van der Waals surface area contributed by atoms with Crippen LogP contribution in [0.25, 0.3) is 0 Å². The van der Waals surface area contributed by atoms with E-state index in [0.717, 1.165) is 18.5 Å². The molecule has 1 heterocycles. The number of nitrogens with zero attached hydrogens (tertiary/aromatic N) is 1. The smallest absolute Gasteiger partial charge is 0.272 e. The van der Waals surface area contributed by atoms with Crippen LogP contribution in [0.3, 0.4) is 0 Å². The number of rotatable bonds is 7. The zero-order chi connectivity index (χ0) is 12.7. The maximum atomic E-state index is 11.9. The van der Waals surface area contributed by atoms with E-state index in [9.17, 15) is 8.78 Å². The third kappa shape index (κ3) is 5.08. The minimum Gasteiger partial charge on any atom is -0.472 e. The predicted molar refractivity (Wildman–Crippen MR) is 62.4 cm³/mol. The number of hydrogen-bond acceptors (Lipinski definition) is 3. The largest absolute Gasteiger partial charge is 0.472 e. The molecule has 0 spiro atoms. The van der Waals surface area contributed by atoms with Crippen molar-refractivity contribution < 1.29 is 13.5 Å². The van der Waals surface area contributed by atoms with Crippen LogP contribution in [-0.4, -0.2) is 24.6 Å². The van der Waals surface area contributed by atoms with Gasteiger partial charge in [-0.3, -0.25) is 0 Å². The Morgan fingerprint density at radius 2 is 2.18 bits per heavy atom. The first-order valence-electron chi connectivity index (χ1n) is 5.73. The first-order chi connectivity index (χ1) is 8.13. The summed E-state index contributed by atoms with van der Waals surface area (Å²) in [7, 11) is 0. The molecule has 1 rings (SSSR count). The van der Waals surface area contributed by atoms with Crippen LogP contribution in [0.15, 0.2) is 18.3 Å². The third-order valence-electron chi connectivity index (χ3n) is 2.32. The number of aromatic nitrogens is 1. The highest BCUT2D eigenvalue weighted by atomic mass is 19.3. The highest BCUT2D eigenvalue weighted by Crippen LogP contribution is 2.14. The number of nitrogens with one attached hydrogen (secondary N) is 1. The van der Waals surface area contributed by atoms with E-state index in [2.05, 4.69) is 17.2 Å². The maximum Gasteiger partial charge on any atom is 0.272 e. The molecule has 0 saturated carbocycles. The minimum absolute atomic E-state index is 0.201. The van der Waals surface area contributed by atoms with Gasteiger partial charge in [0.1, 0.15) is 0 Å². The van der Waals surface area contributed by atoms with Gasteiger partial charge in [0.05, 0.1) is 0 Å². The van der Waals surface area contributed by atoms with Gasteiger partial charge >= 0.3 is 0 Å². The van der Waals surface area contributed by atoms with E-state index in [4.69, 9.17) is 4.74 Å². The SMILES string of the molecule is CCCNC(C)c1ccc(OCC(F)F)nc1. The lowest BCUT2D eigenvalue weighted by atomic mass is 10.1. The molecule has 0 aliphatic rings. The monoisotopic (exact) mass is 244 g/mol. The van der Waals surface area contributed by atoms with Gasteiger partial charge in [0.25, 0.3) is 6.43 Å². The summed E-state index contributed by atoms with van der Waals surface area (Å²) in [6, 6.07) is 3.65. The maximum absolute atomic E-state index is 11.9. The summed E-state index contributed by atoms with van der Waals surface area (Å²) in [5.74, 6) is 0.233. The lowest BCUT2D eigenvalue weighted by molar-refractivity contribution is 0.0796. The van der Waals surface area contributed by atoms with Gasteiger partial charge in [0.15, 0.2) is 6.61 Å². The fourth-order valence-electron chi connectivity index (χ4n) is 1.36. The highest BCUT2D eigenvalue weighted by Gasteiger charge is 2.07. The van der Waals surface area contributed by atoms with E-state index in [1.807, 2.05) is 13.0 Å². The molecule has 1 N–H and O–H groups in total. The minimum atomic E-state index is -2.47. The lowest BCUT2D eigenvalue weighted by Crippen LogP contribution is -2.19. The van der Waals surface area contributed by atoms with E-state index < -0.39 is 13.0 Å². The predicted octanol–water partition coefficient (Wildman–Crippen LogP) is 2.79. The van der Waals surface area contributed by atoms with E-state index >= 15 is 0 Å². The average molecular weight is 244 g/mol. The standard InChI is InChI=1S/C12H18F2N2O/c1-3-6-15-9(2)10-4-5-12(16-7-10)17-8-11(13)14/h4-5,7,9,11,15H,3,6,8H2,1-2H3. The lowest BCUT2D eigenvalue weighted by Gasteiger charge is -2.13. The molecule has 17 heavy (non-hydrogen) atoms. The molecule has 0 fully saturated rings. The zero-order valence-electron chi connectivity index (χ0n) is 10.1. The van der Waals surface area contributed by atoms with Crippen LogP contribution >= 0.6 is 0 Å². The molecule has 0 saturated heterocycles. The molecule has 1 aromatic rings. The summed E-state index contributed by atoms with van der Waals surface area (Å²) in [6.07, 6.45) is 0.239. The second-order valence-electron chi connectivity index (χ2n) is 3.81. The van der Waals surface area contributed by atoms with Crippen molar-refractivity contribution in [3.63, 3.8) is 0 Å². The molecule has 0 amide bonds. The van der Waals surface area contributed by atoms with Gasteiger partial charge in [0.2, 0.25) is 5.88 Å². The van der Waals surface area contributed by atoms with Crippen LogP contribution in [0.1, 0.15) is 31.9 Å². The molecular weight excluding hydrogens is 226 g/mol. The molecule has 96 valence electrons. The Bertz CT molecular complexity index is 317. The van der Waals surface area contributed by atoms with Crippen LogP contribution in [0.2, 0.25) is 0 Å². The Morgan fingerprint density at radius 3 is 2.71 bits per heavy atom. The fourth-order valence-corrected chi connectivity index (χ4v) is 1.36. The topological polar surface area (TPSA) is 34.1 Å². The first kappa shape index (κ1) is 13.8. The summed E-state index contributed by atoms with van der Waals surface area (Å²) in [5.41, 5.74) is 1.02. The Labute approximate surface area is 100 Å². The van der Waals surface area contributed by atoms with Crippen LogP contribution in [0, 0.1) is 0 Å². The van der Waals surface area contributed by atoms with Crippen molar-refractivity contribution >= 4 is 0 Å². The summed E-state index contributed by atoms with van der Waals surface area (Å²) in [6.45, 7) is 4.45. The molecule has 1 unspecified atom stereocenters. The van der Waals surface area contributed by atoms with Crippen LogP contribution in [0.5, 0.6) is 5.88 Å². The quantitative estimate of drug-likeness (QED) is 0.800. The van der Waals surface area contributed by atoms with E-state index in [0.29, 0.717) is 0 Å². The van der Waals surface area contributed by atoms with Crippen LogP contribution < -0.4 is 10.1 Å². The summed E-state index contributed by atoms with van der Waals surface area (Å²) < 4.78 is 28.6. The van der Waals surface area contributed by atoms with Crippen molar-refractivity contribution in [2.45, 2.75) is 32.7 Å². The van der Waals surface area contributed by atoms with Gasteiger partial charge in [-0.25, -0.2) is 13.8 Å². The number of pyridine rings is 1. The van der Waals surface area contributed by atoms with Crippen molar-refractivity contribution in [3.8, 4) is 5.88 Å². The molecule has 0 aromatic carbocycles. The first-order valence-corrected chi connectivity index (χ1v) is 5.73. The van der Waals surface area contributed by atoms with Gasteiger partial charge in [-0.05, 0) is 25.5 Å². The van der Waals surface area contributed by atoms with Crippen molar-refractivity contribution in [1.82, 2.24) is 10.3 Å². The van der Waals surface area contributed by atoms with Gasteiger partial charge in [-0.1, -0.05) is 13.0 Å². The molecule has 0 aliphatic heterocycles. The van der Waals surface area contributed by atoms with E-state index in [1.54, 1.807) is 12.3 Å². The zero-order valence-corrected chi connectivity index (χ0v) is 10.1. The molecule has 0 aliphatic carbocycles. The van der Waals surface area contributed by atoms with Crippen molar-refractivity contribution in [1.29, 1.82) is 0 Å². The van der Waals surface area contributed by atoms with Gasteiger partial charge in [-0.2, -0.15) is 0 Å². The molecule has 0 bridgehead atoms. The second-order valence-corrected chi connectivity index (χ2v) is 3.81. The summed E-state index contributed by atoms with van der Waals surface area (Å²) in [4.78, 5) is 3.98. The Balaban J connectivity index is 2.49. The average Bonchev–Trinajstić information content (AvgIpc) is 2.34. The van der Waals surface area contributed by atoms with Crippen molar-refractivity contribution in [2.24, 2.45) is 0 Å². The number of ether oxygens (including phenoxy) is 1. The number of alkyl halides is 2. The van der Waals surface area contributed by atoms with E-state index in [-0.39, 0.29) is 11.9 Å². The van der Waals surface area contributed by atoms with Crippen LogP contribution in [-0.2, 0) is 0 Å². The fraction of sp³-hybridized carbons (Fsp3) is 0.583. The van der Waals surface area contributed by atoms with E-state index in [1.165, 1.54) is 0 Å². The normalized spacial score (nSPS) is 12.8. The molecule has 5 heteroatoms. The molecule has 1 atom stereocenters. The van der Waals surface area contributed by atoms with Gasteiger partial charge in [0, 0.05) is 18.3 Å². The summed E-state index contributed by atoms with van der Waals surface area (Å²) in [5, 5.41) is 3.32. The Morgan fingerprint density at radius 1 is 1.41 bits per heavy atom. The van der Waals surface area contributed by atoms with Crippen LogP contribution in [0.4, 0.5) is 8.78 Å². The van der Waals surface area contributed by atoms with Gasteiger partial charge in [-0.15, -0.1) is 0 Å². The summed E-state index contributed by atoms with van der Waals surface area (Å²) >= 11 is 0. The van der Waals surface area contributed by atoms with Gasteiger partial charge < -0.3 is 10.1 Å². The molecule has 1 aromatic heterocycles.